The lowest BCUT2D eigenvalue weighted by atomic mass is 10.0. The summed E-state index contributed by atoms with van der Waals surface area (Å²) in [5.41, 5.74) is 0. The molecule has 0 fully saturated rings. The molecule has 0 radical (unpaired) electrons. The molecule has 0 heterocycles. The van der Waals surface area contributed by atoms with E-state index in [1.807, 2.05) is 33.3 Å². The van der Waals surface area contributed by atoms with Crippen molar-refractivity contribution >= 4 is 19.7 Å². The second-order valence-electron chi connectivity index (χ2n) is 23.6. The van der Waals surface area contributed by atoms with Crippen LogP contribution >= 0.6 is 7.82 Å². The lowest BCUT2D eigenvalue weighted by Crippen LogP contribution is -2.47. The zero-order valence-electron chi connectivity index (χ0n) is 52.1. The van der Waals surface area contributed by atoms with Crippen LogP contribution in [0.4, 0.5) is 0 Å². The molecule has 456 valence electrons. The minimum Gasteiger partial charge on any atom is -0.756 e. The molecule has 0 saturated carbocycles. The number of nitrogens with zero attached hydrogens (tertiary/aromatic N) is 1. The molecule has 3 atom stereocenters. The molecule has 78 heavy (non-hydrogen) atoms. The first-order valence-electron chi connectivity index (χ1n) is 33.1. The Morgan fingerprint density at radius 2 is 0.782 bits per heavy atom. The van der Waals surface area contributed by atoms with Crippen LogP contribution in [0.3, 0.4) is 0 Å². The van der Waals surface area contributed by atoms with Crippen LogP contribution in [0.1, 0.15) is 310 Å². The summed E-state index contributed by atoms with van der Waals surface area (Å²) in [6, 6.07) is -0.889. The number of ether oxygens (including phenoxy) is 1. The number of esters is 1. The molecule has 0 aromatic rings. The highest BCUT2D eigenvalue weighted by Gasteiger charge is 2.27. The Morgan fingerprint density at radius 3 is 1.19 bits per heavy atom. The van der Waals surface area contributed by atoms with Gasteiger partial charge in [0.05, 0.1) is 33.8 Å². The summed E-state index contributed by atoms with van der Waals surface area (Å²) in [5.74, 6) is -0.537. The number of phosphoric ester groups is 1. The van der Waals surface area contributed by atoms with Crippen molar-refractivity contribution in [2.75, 3.05) is 40.9 Å². The highest BCUT2D eigenvalue weighted by atomic mass is 31.2. The molecule has 3 unspecified atom stereocenters. The van der Waals surface area contributed by atoms with Crippen molar-refractivity contribution in [3.05, 3.63) is 60.8 Å². The molecule has 0 rings (SSSR count). The summed E-state index contributed by atoms with van der Waals surface area (Å²) in [6.45, 7) is 6.84. The third-order valence-electron chi connectivity index (χ3n) is 14.7. The van der Waals surface area contributed by atoms with E-state index < -0.39 is 20.0 Å². The first kappa shape index (κ1) is 75.7. The van der Waals surface area contributed by atoms with Crippen molar-refractivity contribution in [3.63, 3.8) is 0 Å². The van der Waals surface area contributed by atoms with Gasteiger partial charge >= 0.3 is 5.97 Å². The van der Waals surface area contributed by atoms with Crippen LogP contribution in [0.2, 0.25) is 0 Å². The van der Waals surface area contributed by atoms with Crippen molar-refractivity contribution in [3.8, 4) is 0 Å². The van der Waals surface area contributed by atoms with Gasteiger partial charge in [0.1, 0.15) is 19.3 Å². The van der Waals surface area contributed by atoms with Crippen LogP contribution in [0, 0.1) is 0 Å². The zero-order chi connectivity index (χ0) is 57.2. The molecule has 0 aliphatic carbocycles. The van der Waals surface area contributed by atoms with Crippen molar-refractivity contribution < 1.29 is 37.3 Å². The van der Waals surface area contributed by atoms with Gasteiger partial charge < -0.3 is 28.5 Å². The monoisotopic (exact) mass is 1110 g/mol. The summed E-state index contributed by atoms with van der Waals surface area (Å²) in [7, 11) is 1.19. The number of hydrogen-bond acceptors (Lipinski definition) is 7. The Labute approximate surface area is 483 Å². The molecule has 10 heteroatoms. The Bertz CT molecular complexity index is 1520. The smallest absolute Gasteiger partial charge is 0.306 e. The maximum atomic E-state index is 13.5. The van der Waals surface area contributed by atoms with Crippen LogP contribution < -0.4 is 10.2 Å². The number of nitrogens with one attached hydrogen (secondary N) is 1. The molecule has 0 aliphatic heterocycles. The highest BCUT2D eigenvalue weighted by Crippen LogP contribution is 2.38. The maximum Gasteiger partial charge on any atom is 0.306 e. The van der Waals surface area contributed by atoms with E-state index in [-0.39, 0.29) is 31.5 Å². The summed E-state index contributed by atoms with van der Waals surface area (Å²) < 4.78 is 30.4. The normalized spacial score (nSPS) is 14.0. The van der Waals surface area contributed by atoms with E-state index in [0.717, 1.165) is 89.9 Å². The SMILES string of the molecule is CCCCC/C=C\C/C=C\C/C=C\C/C=C\CCCCCCCCCCCC(=O)OC(/C=C/CCCCCCCCCCCC)C(COP(=O)([O-])OCC[N+](C)(C)C)NC(=O)CCCCCCCCCCCCCCCCC. The fraction of sp³-hybridized carbons (Fsp3) is 0.824. The molecule has 1 N–H and O–H groups in total. The van der Waals surface area contributed by atoms with Crippen LogP contribution in [-0.4, -0.2) is 69.4 Å². The van der Waals surface area contributed by atoms with Gasteiger partial charge in [-0.05, 0) is 76.7 Å². The predicted octanol–water partition coefficient (Wildman–Crippen LogP) is 20.0. The van der Waals surface area contributed by atoms with Crippen LogP contribution in [0.15, 0.2) is 60.8 Å². The van der Waals surface area contributed by atoms with Gasteiger partial charge in [-0.3, -0.25) is 14.2 Å². The summed E-state index contributed by atoms with van der Waals surface area (Å²) in [4.78, 5) is 40.0. The Hall–Kier alpha value is -2.29. The van der Waals surface area contributed by atoms with Gasteiger partial charge in [-0.15, -0.1) is 0 Å². The van der Waals surface area contributed by atoms with Crippen molar-refractivity contribution in [2.24, 2.45) is 0 Å². The molecular weight excluding hydrogens is 988 g/mol. The first-order chi connectivity index (χ1) is 37.9. The number of unbranched alkanes of at least 4 members (excludes halogenated alkanes) is 36. The minimum atomic E-state index is -4.70. The van der Waals surface area contributed by atoms with E-state index >= 15 is 0 Å². The largest absolute Gasteiger partial charge is 0.756 e. The number of phosphoric acid groups is 1. The van der Waals surface area contributed by atoms with Crippen LogP contribution in [0.5, 0.6) is 0 Å². The second-order valence-corrected chi connectivity index (χ2v) is 25.0. The molecule has 0 aromatic carbocycles. The minimum absolute atomic E-state index is 0.0228. The molecule has 0 saturated heterocycles. The lowest BCUT2D eigenvalue weighted by Gasteiger charge is -2.30. The van der Waals surface area contributed by atoms with Gasteiger partial charge in [-0.1, -0.05) is 281 Å². The van der Waals surface area contributed by atoms with Gasteiger partial charge in [0.2, 0.25) is 5.91 Å². The van der Waals surface area contributed by atoms with Crippen molar-refractivity contribution in [2.45, 2.75) is 322 Å². The van der Waals surface area contributed by atoms with Gasteiger partial charge in [0.15, 0.2) is 0 Å². The summed E-state index contributed by atoms with van der Waals surface area (Å²) >= 11 is 0. The van der Waals surface area contributed by atoms with Crippen molar-refractivity contribution in [1.82, 2.24) is 5.32 Å². The zero-order valence-corrected chi connectivity index (χ0v) is 53.0. The van der Waals surface area contributed by atoms with E-state index in [9.17, 15) is 19.0 Å². The standard InChI is InChI=1S/C68H127N2O7P/c1-7-10-13-16-19-22-25-28-30-31-32-33-34-35-36-37-38-39-41-43-46-49-52-55-58-61-68(72)77-66(59-56-53-50-47-44-27-24-21-18-15-12-9-3)65(64-76-78(73,74)75-63-62-70(4,5)6)69-67(71)60-57-54-51-48-45-42-40-29-26-23-20-17-14-11-8-2/h19,22,28,30,32-33,35-36,56,59,65-66H,7-18,20-21,23-27,29,31,34,37-55,57-58,60-64H2,1-6H3,(H-,69,71,73,74)/b22-19-,30-28-,33-32-,36-35-,59-56+. The fourth-order valence-electron chi connectivity index (χ4n) is 9.57. The van der Waals surface area contributed by atoms with Gasteiger partial charge in [0.25, 0.3) is 7.82 Å². The second kappa shape index (κ2) is 57.9. The van der Waals surface area contributed by atoms with Crippen LogP contribution in [-0.2, 0) is 27.9 Å². The first-order valence-corrected chi connectivity index (χ1v) is 34.6. The molecular formula is C68H127N2O7P. The topological polar surface area (TPSA) is 114 Å². The lowest BCUT2D eigenvalue weighted by molar-refractivity contribution is -0.870. The Balaban J connectivity index is 5.12. The number of carbonyl (C=O) groups excluding carboxylic acids is 2. The third kappa shape index (κ3) is 58.4. The molecule has 9 nitrogen and oxygen atoms in total. The highest BCUT2D eigenvalue weighted by molar-refractivity contribution is 7.45. The molecule has 1 amide bonds. The average molecular weight is 1120 g/mol. The van der Waals surface area contributed by atoms with E-state index in [2.05, 4.69) is 74.7 Å². The van der Waals surface area contributed by atoms with E-state index in [1.165, 1.54) is 186 Å². The molecule has 0 aliphatic rings. The fourth-order valence-corrected chi connectivity index (χ4v) is 10.3. The van der Waals surface area contributed by atoms with Crippen molar-refractivity contribution in [1.29, 1.82) is 0 Å². The summed E-state index contributed by atoms with van der Waals surface area (Å²) in [6.07, 6.45) is 73.3. The van der Waals surface area contributed by atoms with Gasteiger partial charge in [-0.25, -0.2) is 0 Å². The van der Waals surface area contributed by atoms with E-state index in [1.54, 1.807) is 0 Å². The molecule has 0 spiro atoms. The number of amides is 1. The number of quaternary nitrogens is 1. The van der Waals surface area contributed by atoms with E-state index in [4.69, 9.17) is 13.8 Å². The van der Waals surface area contributed by atoms with E-state index in [0.29, 0.717) is 17.4 Å². The summed E-state index contributed by atoms with van der Waals surface area (Å²) in [5, 5.41) is 3.03. The Kier molecular flexibility index (Phi) is 56.2. The maximum absolute atomic E-state index is 13.5. The third-order valence-corrected chi connectivity index (χ3v) is 15.7. The molecule has 0 aromatic heterocycles. The predicted molar refractivity (Wildman–Crippen MR) is 335 cm³/mol. The average Bonchev–Trinajstić information content (AvgIpc) is 3.40. The Morgan fingerprint density at radius 1 is 0.449 bits per heavy atom. The number of rotatable bonds is 60. The number of hydrogen-bond donors (Lipinski definition) is 1. The number of allylic oxidation sites excluding steroid dienone is 9. The quantitative estimate of drug-likeness (QED) is 0.0212. The molecule has 0 bridgehead atoms. The van der Waals surface area contributed by atoms with Crippen LogP contribution in [0.25, 0.3) is 0 Å². The van der Waals surface area contributed by atoms with Gasteiger partial charge in [-0.2, -0.15) is 0 Å². The van der Waals surface area contributed by atoms with Gasteiger partial charge in [0, 0.05) is 12.8 Å². The number of likely N-dealkylation sites (N-methyl/N-ethyl adjacent to an activating group) is 1. The number of carbonyl (C=O) groups is 2.